The van der Waals surface area contributed by atoms with Crippen LogP contribution in [0.4, 0.5) is 9.18 Å². The van der Waals surface area contributed by atoms with Gasteiger partial charge in [0.1, 0.15) is 29.2 Å². The third-order valence-electron chi connectivity index (χ3n) is 8.76. The summed E-state index contributed by atoms with van der Waals surface area (Å²) in [5.74, 6) is 12.2. The number of ether oxygens (including phenoxy) is 1. The average Bonchev–Trinajstić information content (AvgIpc) is 3.93. The predicted octanol–water partition coefficient (Wildman–Crippen LogP) is 5.48. The highest BCUT2D eigenvalue weighted by Crippen LogP contribution is 2.35. The van der Waals surface area contributed by atoms with Gasteiger partial charge in [-0.05, 0) is 79.5 Å². The van der Waals surface area contributed by atoms with Gasteiger partial charge in [-0.3, -0.25) is 4.79 Å². The van der Waals surface area contributed by atoms with Gasteiger partial charge in [0, 0.05) is 17.7 Å². The molecule has 2 saturated heterocycles. The maximum atomic E-state index is 15.9. The summed E-state index contributed by atoms with van der Waals surface area (Å²) in [5, 5.41) is 6.07. The summed E-state index contributed by atoms with van der Waals surface area (Å²) in [6, 6.07) is 12.0. The minimum atomic E-state index is -0.737. The third kappa shape index (κ3) is 7.12. The molecular weight excluding hydrogens is 609 g/mol. The molecule has 1 unspecified atom stereocenters. The molecule has 0 spiro atoms. The molecule has 6 rings (SSSR count). The summed E-state index contributed by atoms with van der Waals surface area (Å²) in [4.78, 5) is 42.9. The number of carbonyl (C=O) groups excluding carboxylic acids is 2. The minimum absolute atomic E-state index is 0.144. The van der Waals surface area contributed by atoms with Crippen LogP contribution in [-0.4, -0.2) is 63.1 Å². The molecule has 48 heavy (non-hydrogen) atoms. The molecule has 2 aliphatic heterocycles. The number of aromatic nitrogens is 4. The molecule has 0 aliphatic carbocycles. The van der Waals surface area contributed by atoms with Gasteiger partial charge in [-0.2, -0.15) is 0 Å². The summed E-state index contributed by atoms with van der Waals surface area (Å²) < 4.78 is 20.6. The molecule has 11 heteroatoms. The number of methoxy groups -OCH3 is 1. The first-order chi connectivity index (χ1) is 23.3. The second-order valence-electron chi connectivity index (χ2n) is 12.3. The fraction of sp³-hybridized carbons (Fsp3) is 0.351. The average molecular weight is 648 g/mol. The number of amides is 2. The van der Waals surface area contributed by atoms with Gasteiger partial charge in [-0.15, -0.1) is 0 Å². The Kier molecular flexibility index (Phi) is 9.88. The Labute approximate surface area is 279 Å². The highest BCUT2D eigenvalue weighted by atomic mass is 19.1. The number of hydrogen-bond donors (Lipinski definition) is 4. The molecule has 246 valence electrons. The Morgan fingerprint density at radius 1 is 1.00 bits per heavy atom. The van der Waals surface area contributed by atoms with Gasteiger partial charge in [0.25, 0.3) is 0 Å². The maximum Gasteiger partial charge on any atom is 0.407 e. The number of benzene rings is 2. The van der Waals surface area contributed by atoms with Crippen LogP contribution in [0.2, 0.25) is 0 Å². The molecule has 4 N–H and O–H groups in total. The lowest BCUT2D eigenvalue weighted by atomic mass is 9.96. The van der Waals surface area contributed by atoms with Crippen molar-refractivity contribution in [3.8, 4) is 46.1 Å². The second-order valence-corrected chi connectivity index (χ2v) is 12.3. The summed E-state index contributed by atoms with van der Waals surface area (Å²) in [5.41, 5.74) is 3.53. The van der Waals surface area contributed by atoms with Crippen molar-refractivity contribution in [1.82, 2.24) is 35.5 Å². The monoisotopic (exact) mass is 647 g/mol. The number of hydrogen-bond acceptors (Lipinski definition) is 6. The van der Waals surface area contributed by atoms with Gasteiger partial charge in [-0.1, -0.05) is 44.2 Å². The number of rotatable bonds is 7. The molecule has 2 aromatic heterocycles. The van der Waals surface area contributed by atoms with E-state index < -0.39 is 18.0 Å². The first-order valence-corrected chi connectivity index (χ1v) is 16.2. The van der Waals surface area contributed by atoms with Crippen LogP contribution in [0, 0.1) is 35.4 Å². The fourth-order valence-electron chi connectivity index (χ4n) is 6.27. The smallest absolute Gasteiger partial charge is 0.407 e. The lowest BCUT2D eigenvalue weighted by Gasteiger charge is -2.30. The first kappa shape index (κ1) is 32.5. The molecule has 0 saturated carbocycles. The Hall–Kier alpha value is -5.39. The van der Waals surface area contributed by atoms with Crippen molar-refractivity contribution in [2.45, 2.75) is 57.7 Å². The number of aromatic amines is 2. The van der Waals surface area contributed by atoms with Crippen molar-refractivity contribution in [2.75, 3.05) is 20.2 Å². The predicted molar refractivity (Wildman–Crippen MR) is 180 cm³/mol. The summed E-state index contributed by atoms with van der Waals surface area (Å²) >= 11 is 0. The molecule has 2 amide bonds. The zero-order valence-electron chi connectivity index (χ0n) is 27.2. The largest absolute Gasteiger partial charge is 0.453 e. The van der Waals surface area contributed by atoms with Crippen molar-refractivity contribution in [1.29, 1.82) is 0 Å². The van der Waals surface area contributed by atoms with Crippen LogP contribution >= 0.6 is 0 Å². The quantitative estimate of drug-likeness (QED) is 0.197. The number of imidazole rings is 2. The first-order valence-electron chi connectivity index (χ1n) is 16.2. The Bertz CT molecular complexity index is 1900. The molecule has 0 radical (unpaired) electrons. The van der Waals surface area contributed by atoms with Crippen molar-refractivity contribution >= 4 is 12.0 Å². The van der Waals surface area contributed by atoms with Gasteiger partial charge in [-0.25, -0.2) is 19.2 Å². The highest BCUT2D eigenvalue weighted by molar-refractivity contribution is 5.86. The number of halogens is 1. The van der Waals surface area contributed by atoms with Crippen LogP contribution < -0.4 is 10.6 Å². The molecular formula is C37H38FN7O3. The maximum absolute atomic E-state index is 15.9. The van der Waals surface area contributed by atoms with Gasteiger partial charge in [0.05, 0.1) is 42.8 Å². The van der Waals surface area contributed by atoms with Crippen LogP contribution in [0.25, 0.3) is 22.4 Å². The number of likely N-dealkylation sites (tertiary alicyclic amines) is 1. The van der Waals surface area contributed by atoms with E-state index in [1.165, 1.54) is 13.2 Å². The van der Waals surface area contributed by atoms with Crippen LogP contribution in [0.5, 0.6) is 0 Å². The van der Waals surface area contributed by atoms with Crippen molar-refractivity contribution in [2.24, 2.45) is 5.92 Å². The number of nitrogens with zero attached hydrogens (tertiary/aromatic N) is 3. The van der Waals surface area contributed by atoms with E-state index in [2.05, 4.69) is 54.3 Å². The SMILES string of the molecule is COC(=O)N[C@H](C(=O)N1CCC[C@H]1c1ncc(-c2cc(F)c(C#CC#Cc3cnc(C4CCCN4)[nH]3)c(-c3ccccc3)c2)[nH]1)C(C)C. The third-order valence-corrected chi connectivity index (χ3v) is 8.76. The van der Waals surface area contributed by atoms with E-state index in [1.54, 1.807) is 17.3 Å². The van der Waals surface area contributed by atoms with E-state index in [1.807, 2.05) is 50.2 Å². The zero-order valence-corrected chi connectivity index (χ0v) is 27.2. The van der Waals surface area contributed by atoms with Gasteiger partial charge >= 0.3 is 6.09 Å². The summed E-state index contributed by atoms with van der Waals surface area (Å²) in [6.07, 6.45) is 6.34. The van der Waals surface area contributed by atoms with Crippen LogP contribution in [0.3, 0.4) is 0 Å². The summed E-state index contributed by atoms with van der Waals surface area (Å²) in [7, 11) is 1.27. The number of carbonyl (C=O) groups is 2. The van der Waals surface area contributed by atoms with E-state index in [0.29, 0.717) is 41.3 Å². The van der Waals surface area contributed by atoms with Crippen LogP contribution in [-0.2, 0) is 9.53 Å². The summed E-state index contributed by atoms with van der Waals surface area (Å²) in [6.45, 7) is 5.26. The van der Waals surface area contributed by atoms with E-state index in [9.17, 15) is 9.59 Å². The van der Waals surface area contributed by atoms with E-state index in [4.69, 9.17) is 4.74 Å². The van der Waals surface area contributed by atoms with E-state index >= 15 is 4.39 Å². The highest BCUT2D eigenvalue weighted by Gasteiger charge is 2.37. The number of alkyl carbamates (subject to hydrolysis) is 1. The molecule has 2 aliphatic rings. The molecule has 3 atom stereocenters. The lowest BCUT2D eigenvalue weighted by Crippen LogP contribution is -2.51. The lowest BCUT2D eigenvalue weighted by molar-refractivity contribution is -0.135. The minimum Gasteiger partial charge on any atom is -0.453 e. The molecule has 0 bridgehead atoms. The molecule has 4 heterocycles. The molecule has 4 aromatic rings. The molecule has 10 nitrogen and oxygen atoms in total. The topological polar surface area (TPSA) is 128 Å². The van der Waals surface area contributed by atoms with E-state index in [-0.39, 0.29) is 29.5 Å². The van der Waals surface area contributed by atoms with Crippen LogP contribution in [0.15, 0.2) is 54.9 Å². The van der Waals surface area contributed by atoms with E-state index in [0.717, 1.165) is 37.2 Å². The van der Waals surface area contributed by atoms with Crippen molar-refractivity contribution < 1.29 is 18.7 Å². The molecule has 2 aromatic carbocycles. The standard InChI is InChI=1S/C37H38FN7O3/c1-23(2)33(44-37(47)48-3)36(46)45-18-10-16-32(45)35-41-22-31(43-35)25-19-28(24-11-5-4-6-12-24)27(29(38)20-25)14-8-7-13-26-21-40-34(42-26)30-15-9-17-39-30/h4-6,11-12,19-23,30,32-33,39H,9-10,15-18H2,1-3H3,(H,40,42)(H,41,43)(H,44,47)/t30?,32-,33-/m0/s1. The number of H-pyrrole nitrogens is 2. The normalized spacial score (nSPS) is 17.7. The Morgan fingerprint density at radius 2 is 1.79 bits per heavy atom. The Morgan fingerprint density at radius 3 is 2.54 bits per heavy atom. The van der Waals surface area contributed by atoms with Crippen LogP contribution in [0.1, 0.15) is 74.5 Å². The number of nitrogens with one attached hydrogen (secondary N) is 4. The van der Waals surface area contributed by atoms with Gasteiger partial charge < -0.3 is 30.2 Å². The molecule has 2 fully saturated rings. The second kappa shape index (κ2) is 14.6. The zero-order chi connectivity index (χ0) is 33.6. The van der Waals surface area contributed by atoms with Gasteiger partial charge in [0.15, 0.2) is 0 Å². The van der Waals surface area contributed by atoms with Crippen molar-refractivity contribution in [3.05, 3.63) is 83.6 Å². The van der Waals surface area contributed by atoms with Gasteiger partial charge in [0.2, 0.25) is 5.91 Å². The Balaban J connectivity index is 1.26. The fourth-order valence-corrected chi connectivity index (χ4v) is 6.27. The van der Waals surface area contributed by atoms with Crippen molar-refractivity contribution in [3.63, 3.8) is 0 Å².